The quantitative estimate of drug-likeness (QED) is 0.782. The van der Waals surface area contributed by atoms with Gasteiger partial charge in [-0.2, -0.15) is 15.8 Å². The molecule has 1 aromatic rings. The highest BCUT2D eigenvalue weighted by Crippen LogP contribution is 2.21. The summed E-state index contributed by atoms with van der Waals surface area (Å²) in [7, 11) is 0. The van der Waals surface area contributed by atoms with E-state index in [2.05, 4.69) is 10.6 Å². The molecule has 6 heteroatoms. The minimum Gasteiger partial charge on any atom is -0.345 e. The van der Waals surface area contributed by atoms with Crippen LogP contribution in [0.25, 0.3) is 0 Å². The molecule has 23 heavy (non-hydrogen) atoms. The largest absolute Gasteiger partial charge is 0.345 e. The molecule has 6 nitrogen and oxygen atoms in total. The summed E-state index contributed by atoms with van der Waals surface area (Å²) in [5.41, 5.74) is 1.69. The van der Waals surface area contributed by atoms with Gasteiger partial charge in [0.25, 0.3) is 0 Å². The number of hydrogen-bond acceptors (Lipinski definition) is 5. The molecule has 0 aliphatic rings. The van der Waals surface area contributed by atoms with E-state index < -0.39 is 0 Å². The van der Waals surface area contributed by atoms with E-state index in [0.717, 1.165) is 18.4 Å². The Kier molecular flexibility index (Phi) is 6.85. The highest BCUT2D eigenvalue weighted by molar-refractivity contribution is 5.91. The molecular formula is C17H17N5O. The predicted molar refractivity (Wildman–Crippen MR) is 86.8 cm³/mol. The number of allylic oxidation sites excluding steroid dienone is 2. The molecule has 0 saturated heterocycles. The molecule has 0 aromatic heterocycles. The first-order chi connectivity index (χ1) is 11.0. The van der Waals surface area contributed by atoms with Crippen LogP contribution < -0.4 is 10.6 Å². The molecule has 0 aliphatic carbocycles. The normalized spacial score (nSPS) is 9.00. The van der Waals surface area contributed by atoms with Crippen molar-refractivity contribution >= 4 is 17.3 Å². The molecule has 0 bridgehead atoms. The van der Waals surface area contributed by atoms with Gasteiger partial charge in [-0.3, -0.25) is 4.79 Å². The number of benzene rings is 1. The van der Waals surface area contributed by atoms with Crippen molar-refractivity contribution in [1.82, 2.24) is 0 Å². The minimum atomic E-state index is -0.276. The van der Waals surface area contributed by atoms with Crippen LogP contribution in [0, 0.1) is 40.9 Å². The molecule has 0 radical (unpaired) electrons. The Hall–Kier alpha value is -3.30. The van der Waals surface area contributed by atoms with Crippen LogP contribution in [0.2, 0.25) is 0 Å². The second-order valence-corrected chi connectivity index (χ2v) is 4.89. The number of nitrogens with one attached hydrogen (secondary N) is 2. The van der Waals surface area contributed by atoms with Crippen LogP contribution in [0.4, 0.5) is 11.4 Å². The van der Waals surface area contributed by atoms with E-state index in [9.17, 15) is 4.79 Å². The molecule has 0 aliphatic heterocycles. The number of carbonyl (C=O) groups excluding carboxylic acids is 1. The van der Waals surface area contributed by atoms with Crippen LogP contribution in [-0.4, -0.2) is 5.91 Å². The van der Waals surface area contributed by atoms with Gasteiger partial charge in [0.15, 0.2) is 5.57 Å². The van der Waals surface area contributed by atoms with E-state index in [1.807, 2.05) is 13.8 Å². The fourth-order valence-corrected chi connectivity index (χ4v) is 1.86. The third kappa shape index (κ3) is 5.19. The Morgan fingerprint density at radius 2 is 1.83 bits per heavy atom. The predicted octanol–water partition coefficient (Wildman–Crippen LogP) is 3.36. The minimum absolute atomic E-state index is 0.0375. The van der Waals surface area contributed by atoms with Gasteiger partial charge in [0.2, 0.25) is 5.91 Å². The van der Waals surface area contributed by atoms with Gasteiger partial charge < -0.3 is 10.6 Å². The van der Waals surface area contributed by atoms with Crippen molar-refractivity contribution in [2.75, 3.05) is 10.6 Å². The summed E-state index contributed by atoms with van der Waals surface area (Å²) in [6.07, 6.45) is 2.27. The Morgan fingerprint density at radius 3 is 2.35 bits per heavy atom. The monoisotopic (exact) mass is 307 g/mol. The van der Waals surface area contributed by atoms with Crippen LogP contribution in [0.1, 0.15) is 31.7 Å². The maximum atomic E-state index is 11.8. The number of unbranched alkanes of at least 4 members (excludes halogenated alkanes) is 1. The Bertz CT molecular complexity index is 728. The van der Waals surface area contributed by atoms with E-state index in [4.69, 9.17) is 15.8 Å². The fraction of sp³-hybridized carbons (Fsp3) is 0.294. The number of nitriles is 3. The Labute approximate surface area is 135 Å². The lowest BCUT2D eigenvalue weighted by Gasteiger charge is -2.11. The maximum absolute atomic E-state index is 11.8. The zero-order chi connectivity index (χ0) is 17.2. The molecule has 0 unspecified atom stereocenters. The first kappa shape index (κ1) is 17.8. The van der Waals surface area contributed by atoms with Gasteiger partial charge in [-0.15, -0.1) is 0 Å². The molecule has 0 fully saturated rings. The SMILES string of the molecule is CCCCC(=O)Nc1ccc(NC(C#N)=C(C#N)C#N)cc1C. The molecule has 0 atom stereocenters. The van der Waals surface area contributed by atoms with Crippen LogP contribution in [0.15, 0.2) is 29.5 Å². The smallest absolute Gasteiger partial charge is 0.224 e. The number of rotatable bonds is 6. The van der Waals surface area contributed by atoms with Crippen LogP contribution >= 0.6 is 0 Å². The second kappa shape index (κ2) is 8.87. The number of carbonyl (C=O) groups is 1. The van der Waals surface area contributed by atoms with Gasteiger partial charge in [-0.05, 0) is 37.1 Å². The summed E-state index contributed by atoms with van der Waals surface area (Å²) >= 11 is 0. The number of hydrogen-bond donors (Lipinski definition) is 2. The van der Waals surface area contributed by atoms with Crippen LogP contribution in [0.5, 0.6) is 0 Å². The topological polar surface area (TPSA) is 112 Å². The standard InChI is InChI=1S/C17H17N5O/c1-3-4-5-17(23)22-15-7-6-14(8-12(15)2)21-16(11-20)13(9-18)10-19/h6-8,21H,3-5H2,1-2H3,(H,22,23). The van der Waals surface area contributed by atoms with E-state index in [-0.39, 0.29) is 17.2 Å². The first-order valence-electron chi connectivity index (χ1n) is 7.17. The van der Waals surface area contributed by atoms with E-state index in [0.29, 0.717) is 17.8 Å². The summed E-state index contributed by atoms with van der Waals surface area (Å²) in [6, 6.07) is 10.3. The summed E-state index contributed by atoms with van der Waals surface area (Å²) in [4.78, 5) is 11.8. The fourth-order valence-electron chi connectivity index (χ4n) is 1.86. The molecule has 1 aromatic carbocycles. The van der Waals surface area contributed by atoms with E-state index >= 15 is 0 Å². The van der Waals surface area contributed by atoms with Gasteiger partial charge in [-0.25, -0.2) is 0 Å². The van der Waals surface area contributed by atoms with Crippen molar-refractivity contribution in [2.45, 2.75) is 33.1 Å². The van der Waals surface area contributed by atoms with Crippen molar-refractivity contribution in [3.63, 3.8) is 0 Å². The van der Waals surface area contributed by atoms with Gasteiger partial charge in [0.1, 0.15) is 23.9 Å². The number of nitrogens with zero attached hydrogens (tertiary/aromatic N) is 3. The van der Waals surface area contributed by atoms with Gasteiger partial charge >= 0.3 is 0 Å². The lowest BCUT2D eigenvalue weighted by atomic mass is 10.1. The number of aryl methyl sites for hydroxylation is 1. The van der Waals surface area contributed by atoms with E-state index in [1.54, 1.807) is 36.4 Å². The Balaban J connectivity index is 2.91. The van der Waals surface area contributed by atoms with Crippen LogP contribution in [0.3, 0.4) is 0 Å². The molecule has 1 amide bonds. The number of anilines is 2. The molecule has 0 spiro atoms. The summed E-state index contributed by atoms with van der Waals surface area (Å²) in [6.45, 7) is 3.85. The van der Waals surface area contributed by atoms with Crippen LogP contribution in [-0.2, 0) is 4.79 Å². The second-order valence-electron chi connectivity index (χ2n) is 4.89. The molecular weight excluding hydrogens is 290 g/mol. The van der Waals surface area contributed by atoms with Crippen molar-refractivity contribution in [3.8, 4) is 18.2 Å². The summed E-state index contributed by atoms with van der Waals surface area (Å²) in [5, 5.41) is 32.2. The lowest BCUT2D eigenvalue weighted by molar-refractivity contribution is -0.116. The zero-order valence-electron chi connectivity index (χ0n) is 13.1. The molecule has 2 N–H and O–H groups in total. The first-order valence-corrected chi connectivity index (χ1v) is 7.17. The van der Waals surface area contributed by atoms with Gasteiger partial charge in [0.05, 0.1) is 0 Å². The molecule has 1 rings (SSSR count). The third-order valence-electron chi connectivity index (χ3n) is 3.11. The van der Waals surface area contributed by atoms with Crippen molar-refractivity contribution < 1.29 is 4.79 Å². The van der Waals surface area contributed by atoms with Crippen molar-refractivity contribution in [3.05, 3.63) is 35.0 Å². The van der Waals surface area contributed by atoms with Gasteiger partial charge in [0, 0.05) is 17.8 Å². The zero-order valence-corrected chi connectivity index (χ0v) is 13.1. The summed E-state index contributed by atoms with van der Waals surface area (Å²) in [5.74, 6) is -0.0375. The highest BCUT2D eigenvalue weighted by Gasteiger charge is 2.08. The Morgan fingerprint density at radius 1 is 1.13 bits per heavy atom. The van der Waals surface area contributed by atoms with E-state index in [1.165, 1.54) is 0 Å². The number of amides is 1. The average Bonchev–Trinajstić information content (AvgIpc) is 2.55. The maximum Gasteiger partial charge on any atom is 0.224 e. The highest BCUT2D eigenvalue weighted by atomic mass is 16.1. The lowest BCUT2D eigenvalue weighted by Crippen LogP contribution is -2.12. The molecule has 0 saturated carbocycles. The third-order valence-corrected chi connectivity index (χ3v) is 3.11. The van der Waals surface area contributed by atoms with Crippen molar-refractivity contribution in [2.24, 2.45) is 0 Å². The molecule has 0 heterocycles. The average molecular weight is 307 g/mol. The molecule has 116 valence electrons. The summed E-state index contributed by atoms with van der Waals surface area (Å²) < 4.78 is 0. The van der Waals surface area contributed by atoms with Gasteiger partial charge in [-0.1, -0.05) is 13.3 Å². The van der Waals surface area contributed by atoms with Crippen molar-refractivity contribution in [1.29, 1.82) is 15.8 Å².